The summed E-state index contributed by atoms with van der Waals surface area (Å²) in [4.78, 5) is 36.6. The molecule has 0 unspecified atom stereocenters. The molecule has 9 nitrogen and oxygen atoms in total. The number of aromatic nitrogens is 3. The highest BCUT2D eigenvalue weighted by Crippen LogP contribution is 2.37. The maximum absolute atomic E-state index is 13.2. The minimum Gasteiger partial charge on any atom is -0.494 e. The summed E-state index contributed by atoms with van der Waals surface area (Å²) in [6.45, 7) is 2.41. The van der Waals surface area contributed by atoms with Crippen molar-refractivity contribution >= 4 is 32.5 Å². The maximum Gasteiger partial charge on any atom is 0.330 e. The van der Waals surface area contributed by atoms with Crippen LogP contribution in [0.25, 0.3) is 27.8 Å². The zero-order chi connectivity index (χ0) is 23.2. The van der Waals surface area contributed by atoms with Crippen molar-refractivity contribution in [3.8, 4) is 22.7 Å². The molecule has 32 heavy (non-hydrogen) atoms. The van der Waals surface area contributed by atoms with E-state index < -0.39 is 16.2 Å². The second-order valence-electron chi connectivity index (χ2n) is 7.16. The first kappa shape index (κ1) is 21.6. The lowest BCUT2D eigenvalue weighted by molar-refractivity contribution is -0.384. The van der Waals surface area contributed by atoms with Gasteiger partial charge in [-0.15, -0.1) is 0 Å². The van der Waals surface area contributed by atoms with E-state index in [1.165, 1.54) is 23.7 Å². The molecule has 0 radical (unpaired) electrons. The van der Waals surface area contributed by atoms with Crippen LogP contribution in [-0.4, -0.2) is 25.2 Å². The van der Waals surface area contributed by atoms with E-state index in [2.05, 4.69) is 15.9 Å². The van der Waals surface area contributed by atoms with Crippen LogP contribution >= 0.6 is 15.9 Å². The van der Waals surface area contributed by atoms with E-state index in [1.54, 1.807) is 36.0 Å². The fourth-order valence-corrected chi connectivity index (χ4v) is 4.12. The predicted molar refractivity (Wildman–Crippen MR) is 125 cm³/mol. The molecule has 0 aliphatic carbocycles. The van der Waals surface area contributed by atoms with Crippen LogP contribution < -0.4 is 16.0 Å². The van der Waals surface area contributed by atoms with Gasteiger partial charge in [0.25, 0.3) is 11.2 Å². The number of ether oxygens (including phenoxy) is 1. The number of nitro benzene ring substituents is 1. The van der Waals surface area contributed by atoms with E-state index in [0.717, 1.165) is 4.57 Å². The molecule has 2 aromatic carbocycles. The van der Waals surface area contributed by atoms with Crippen LogP contribution in [0.1, 0.15) is 6.92 Å². The first-order valence-electron chi connectivity index (χ1n) is 9.73. The number of fused-ring (bicyclic) bond motifs is 1. The third-order valence-corrected chi connectivity index (χ3v) is 5.97. The summed E-state index contributed by atoms with van der Waals surface area (Å²) >= 11 is 3.47. The average molecular weight is 499 g/mol. The number of nitrogens with zero attached hydrogens (tertiary/aromatic N) is 4. The molecule has 0 saturated carbocycles. The Balaban J connectivity index is 2.14. The third-order valence-electron chi connectivity index (χ3n) is 5.28. The summed E-state index contributed by atoms with van der Waals surface area (Å²) in [6.07, 6.45) is 1.69. The largest absolute Gasteiger partial charge is 0.494 e. The zero-order valence-electron chi connectivity index (χ0n) is 17.5. The molecule has 0 atom stereocenters. The highest BCUT2D eigenvalue weighted by molar-refractivity contribution is 9.10. The molecule has 0 aliphatic rings. The van der Waals surface area contributed by atoms with Crippen LogP contribution in [0.5, 0.6) is 5.75 Å². The van der Waals surface area contributed by atoms with E-state index in [-0.39, 0.29) is 11.1 Å². The van der Waals surface area contributed by atoms with Gasteiger partial charge in [0.15, 0.2) is 0 Å². The van der Waals surface area contributed by atoms with Crippen LogP contribution in [0.2, 0.25) is 0 Å². The summed E-state index contributed by atoms with van der Waals surface area (Å²) in [5.41, 5.74) is 0.956. The molecule has 164 valence electrons. The van der Waals surface area contributed by atoms with E-state index in [4.69, 9.17) is 4.74 Å². The van der Waals surface area contributed by atoms with Gasteiger partial charge < -0.3 is 9.30 Å². The summed E-state index contributed by atoms with van der Waals surface area (Å²) in [7, 11) is 2.99. The summed E-state index contributed by atoms with van der Waals surface area (Å²) in [6, 6.07) is 11.6. The van der Waals surface area contributed by atoms with Crippen molar-refractivity contribution in [2.45, 2.75) is 6.92 Å². The fourth-order valence-electron chi connectivity index (χ4n) is 3.69. The number of benzene rings is 2. The lowest BCUT2D eigenvalue weighted by Gasteiger charge is -2.12. The normalized spacial score (nSPS) is 11.1. The highest BCUT2D eigenvalue weighted by Gasteiger charge is 2.23. The SMILES string of the molecule is CCOc1ccc(-n2cc3c(c2-c2cc([N+](=O)[O-])ccc2Br)c(=O)n(C)c(=O)n3C)cc1. The lowest BCUT2D eigenvalue weighted by atomic mass is 10.1. The molecule has 0 spiro atoms. The number of hydrogen-bond acceptors (Lipinski definition) is 5. The maximum atomic E-state index is 13.2. The van der Waals surface area contributed by atoms with Gasteiger partial charge in [-0.25, -0.2) is 4.79 Å². The van der Waals surface area contributed by atoms with E-state index in [9.17, 15) is 19.7 Å². The quantitative estimate of drug-likeness (QED) is 0.308. The second-order valence-corrected chi connectivity index (χ2v) is 8.02. The van der Waals surface area contributed by atoms with Crippen molar-refractivity contribution in [1.29, 1.82) is 0 Å². The van der Waals surface area contributed by atoms with E-state index in [1.807, 2.05) is 19.1 Å². The zero-order valence-corrected chi connectivity index (χ0v) is 19.1. The molecule has 0 N–H and O–H groups in total. The molecule has 0 bridgehead atoms. The predicted octanol–water partition coefficient (Wildman–Crippen LogP) is 3.76. The molecule has 0 aliphatic heterocycles. The van der Waals surface area contributed by atoms with Gasteiger partial charge in [0, 0.05) is 48.1 Å². The van der Waals surface area contributed by atoms with Crippen LogP contribution in [-0.2, 0) is 14.1 Å². The van der Waals surface area contributed by atoms with Gasteiger partial charge >= 0.3 is 5.69 Å². The number of non-ortho nitro benzene ring substituents is 1. The monoisotopic (exact) mass is 498 g/mol. The standard InChI is InChI=1S/C22H19BrN4O5/c1-4-32-15-8-5-13(6-9-15)26-12-18-19(21(28)25(3)22(29)24(18)2)20(26)16-11-14(27(30)31)7-10-17(16)23/h5-12H,4H2,1-3H3. The van der Waals surface area contributed by atoms with Crippen molar-refractivity contribution in [1.82, 2.24) is 13.7 Å². The number of nitro groups is 1. The molecule has 0 fully saturated rings. The molecular formula is C22H19BrN4O5. The Hall–Kier alpha value is -3.66. The smallest absolute Gasteiger partial charge is 0.330 e. The Morgan fingerprint density at radius 1 is 1.06 bits per heavy atom. The molecule has 4 aromatic rings. The van der Waals surface area contributed by atoms with Crippen molar-refractivity contribution in [2.75, 3.05) is 6.61 Å². The molecule has 2 heterocycles. The van der Waals surface area contributed by atoms with E-state index >= 15 is 0 Å². The third kappa shape index (κ3) is 3.42. The Kier molecular flexibility index (Phi) is 5.47. The summed E-state index contributed by atoms with van der Waals surface area (Å²) < 4.78 is 10.3. The Morgan fingerprint density at radius 2 is 1.75 bits per heavy atom. The first-order valence-corrected chi connectivity index (χ1v) is 10.5. The van der Waals surface area contributed by atoms with Crippen LogP contribution in [0.15, 0.2) is 62.7 Å². The topological polar surface area (TPSA) is 101 Å². The fraction of sp³-hybridized carbons (Fsp3) is 0.182. The first-order chi connectivity index (χ1) is 15.2. The van der Waals surface area contributed by atoms with Crippen LogP contribution in [0, 0.1) is 10.1 Å². The molecular weight excluding hydrogens is 480 g/mol. The van der Waals surface area contributed by atoms with Crippen LogP contribution in [0.4, 0.5) is 5.69 Å². The summed E-state index contributed by atoms with van der Waals surface area (Å²) in [5, 5.41) is 11.7. The van der Waals surface area contributed by atoms with Gasteiger partial charge in [0.1, 0.15) is 5.75 Å². The minimum atomic E-state index is -0.490. The number of hydrogen-bond donors (Lipinski definition) is 0. The molecule has 2 aromatic heterocycles. The van der Waals surface area contributed by atoms with Gasteiger partial charge in [-0.05, 0) is 37.3 Å². The van der Waals surface area contributed by atoms with E-state index in [0.29, 0.717) is 39.3 Å². The van der Waals surface area contributed by atoms with Gasteiger partial charge in [0.05, 0.1) is 28.1 Å². The number of halogens is 1. The molecule has 4 rings (SSSR count). The van der Waals surface area contributed by atoms with Gasteiger partial charge in [0.2, 0.25) is 0 Å². The van der Waals surface area contributed by atoms with Gasteiger partial charge in [-0.2, -0.15) is 0 Å². The molecule has 0 amide bonds. The average Bonchev–Trinajstić information content (AvgIpc) is 3.17. The second kappa shape index (κ2) is 8.12. The van der Waals surface area contributed by atoms with Crippen molar-refractivity contribution < 1.29 is 9.66 Å². The highest BCUT2D eigenvalue weighted by atomic mass is 79.9. The Bertz CT molecular complexity index is 1480. The molecule has 0 saturated heterocycles. The number of aryl methyl sites for hydroxylation is 1. The van der Waals surface area contributed by atoms with Crippen LogP contribution in [0.3, 0.4) is 0 Å². The van der Waals surface area contributed by atoms with Crippen molar-refractivity contribution in [2.24, 2.45) is 14.1 Å². The van der Waals surface area contributed by atoms with Gasteiger partial charge in [-0.3, -0.25) is 24.0 Å². The van der Waals surface area contributed by atoms with Crippen molar-refractivity contribution in [3.63, 3.8) is 0 Å². The number of rotatable bonds is 5. The summed E-state index contributed by atoms with van der Waals surface area (Å²) in [5.74, 6) is 0.689. The van der Waals surface area contributed by atoms with Crippen molar-refractivity contribution in [3.05, 3.63) is 84.1 Å². The Morgan fingerprint density at radius 3 is 2.38 bits per heavy atom. The Labute approximate surface area is 190 Å². The minimum absolute atomic E-state index is 0.113. The molecule has 10 heteroatoms. The lowest BCUT2D eigenvalue weighted by Crippen LogP contribution is -2.36. The van der Waals surface area contributed by atoms with Gasteiger partial charge in [-0.1, -0.05) is 15.9 Å².